The molecule has 0 saturated heterocycles. The van der Waals surface area contributed by atoms with E-state index in [4.69, 9.17) is 10.3 Å². The molecule has 4 nitrogen and oxygen atoms in total. The van der Waals surface area contributed by atoms with Gasteiger partial charge in [-0.1, -0.05) is 48.3 Å². The van der Waals surface area contributed by atoms with E-state index in [9.17, 15) is 0 Å². The third-order valence-electron chi connectivity index (χ3n) is 4.94. The number of hydrogen-bond acceptors (Lipinski definition) is 4. The summed E-state index contributed by atoms with van der Waals surface area (Å²) in [7, 11) is 0. The minimum atomic E-state index is -0.490. The van der Waals surface area contributed by atoms with Crippen LogP contribution in [-0.4, -0.2) is 10.1 Å². The van der Waals surface area contributed by atoms with Crippen molar-refractivity contribution in [3.05, 3.63) is 47.6 Å². The Hall–Kier alpha value is -1.68. The van der Waals surface area contributed by atoms with Crippen LogP contribution >= 0.6 is 0 Å². The standard InChI is InChI=1S/C17H21N3O/c18-17(16-19-15(21-20-16)13-9-10-13)11-5-4-8-14(17)12-6-2-1-3-7-12/h1-3,6-7,13-14H,4-5,8-11,18H2. The summed E-state index contributed by atoms with van der Waals surface area (Å²) in [5.74, 6) is 2.25. The SMILES string of the molecule is NC1(c2noc(C3CC3)n2)CCCCC1c1ccccc1. The summed E-state index contributed by atoms with van der Waals surface area (Å²) in [4.78, 5) is 4.64. The Morgan fingerprint density at radius 3 is 2.67 bits per heavy atom. The molecule has 2 aliphatic carbocycles. The van der Waals surface area contributed by atoms with Crippen LogP contribution in [0.1, 0.15) is 67.6 Å². The van der Waals surface area contributed by atoms with Gasteiger partial charge < -0.3 is 10.3 Å². The topological polar surface area (TPSA) is 64.9 Å². The van der Waals surface area contributed by atoms with Crippen LogP contribution in [0.3, 0.4) is 0 Å². The lowest BCUT2D eigenvalue weighted by Crippen LogP contribution is -2.46. The fourth-order valence-electron chi connectivity index (χ4n) is 3.54. The van der Waals surface area contributed by atoms with E-state index >= 15 is 0 Å². The summed E-state index contributed by atoms with van der Waals surface area (Å²) in [6, 6.07) is 10.5. The van der Waals surface area contributed by atoms with Crippen molar-refractivity contribution in [1.82, 2.24) is 10.1 Å². The molecule has 2 unspecified atom stereocenters. The number of hydrogen-bond donors (Lipinski definition) is 1. The summed E-state index contributed by atoms with van der Waals surface area (Å²) >= 11 is 0. The van der Waals surface area contributed by atoms with E-state index < -0.39 is 5.54 Å². The molecule has 1 heterocycles. The van der Waals surface area contributed by atoms with Crippen molar-refractivity contribution in [3.8, 4) is 0 Å². The molecule has 0 bridgehead atoms. The largest absolute Gasteiger partial charge is 0.339 e. The average Bonchev–Trinajstić information content (AvgIpc) is 3.25. The van der Waals surface area contributed by atoms with Gasteiger partial charge in [-0.3, -0.25) is 0 Å². The van der Waals surface area contributed by atoms with Crippen LogP contribution in [0.5, 0.6) is 0 Å². The molecule has 110 valence electrons. The summed E-state index contributed by atoms with van der Waals surface area (Å²) in [6.07, 6.45) is 6.70. The van der Waals surface area contributed by atoms with Crippen LogP contribution < -0.4 is 5.73 Å². The molecule has 0 amide bonds. The second-order valence-electron chi connectivity index (χ2n) is 6.48. The molecule has 0 radical (unpaired) electrons. The maximum Gasteiger partial charge on any atom is 0.229 e. The number of nitrogens with two attached hydrogens (primary N) is 1. The zero-order chi connectivity index (χ0) is 14.3. The fraction of sp³-hybridized carbons (Fsp3) is 0.529. The van der Waals surface area contributed by atoms with Gasteiger partial charge >= 0.3 is 0 Å². The highest BCUT2D eigenvalue weighted by Crippen LogP contribution is 2.46. The van der Waals surface area contributed by atoms with Gasteiger partial charge in [-0.25, -0.2) is 0 Å². The molecule has 0 aliphatic heterocycles. The van der Waals surface area contributed by atoms with Crippen LogP contribution in [0, 0.1) is 0 Å². The Labute approximate surface area is 124 Å². The molecule has 1 aromatic heterocycles. The van der Waals surface area contributed by atoms with E-state index in [1.54, 1.807) is 0 Å². The highest BCUT2D eigenvalue weighted by atomic mass is 16.5. The average molecular weight is 283 g/mol. The number of aromatic nitrogens is 2. The molecular formula is C17H21N3O. The first-order chi connectivity index (χ1) is 10.3. The van der Waals surface area contributed by atoms with Gasteiger partial charge in [-0.15, -0.1) is 0 Å². The minimum Gasteiger partial charge on any atom is -0.339 e. The molecule has 2 aliphatic rings. The minimum absolute atomic E-state index is 0.275. The molecule has 4 heteroatoms. The van der Waals surface area contributed by atoms with Crippen LogP contribution in [-0.2, 0) is 5.54 Å². The van der Waals surface area contributed by atoms with Crippen molar-refractivity contribution in [3.63, 3.8) is 0 Å². The van der Waals surface area contributed by atoms with Gasteiger partial charge in [-0.05, 0) is 31.2 Å². The van der Waals surface area contributed by atoms with Gasteiger partial charge in [0.05, 0.1) is 5.54 Å². The van der Waals surface area contributed by atoms with Gasteiger partial charge in [0.1, 0.15) is 0 Å². The summed E-state index contributed by atoms with van der Waals surface area (Å²) in [5.41, 5.74) is 7.61. The second kappa shape index (κ2) is 4.95. The molecule has 21 heavy (non-hydrogen) atoms. The van der Waals surface area contributed by atoms with Crippen molar-refractivity contribution in [2.45, 2.75) is 55.9 Å². The van der Waals surface area contributed by atoms with Gasteiger partial charge in [0.15, 0.2) is 5.82 Å². The Kier molecular flexibility index (Phi) is 3.07. The highest BCUT2D eigenvalue weighted by molar-refractivity contribution is 5.27. The lowest BCUT2D eigenvalue weighted by molar-refractivity contribution is 0.233. The van der Waals surface area contributed by atoms with E-state index in [0.717, 1.165) is 25.2 Å². The first kappa shape index (κ1) is 13.0. The second-order valence-corrected chi connectivity index (χ2v) is 6.48. The Morgan fingerprint density at radius 2 is 1.90 bits per heavy atom. The molecule has 2 fully saturated rings. The van der Waals surface area contributed by atoms with Crippen molar-refractivity contribution in [1.29, 1.82) is 0 Å². The first-order valence-corrected chi connectivity index (χ1v) is 7.95. The highest BCUT2D eigenvalue weighted by Gasteiger charge is 2.44. The molecule has 2 atom stereocenters. The first-order valence-electron chi connectivity index (χ1n) is 7.95. The van der Waals surface area contributed by atoms with Crippen molar-refractivity contribution in [2.24, 2.45) is 5.73 Å². The van der Waals surface area contributed by atoms with E-state index in [1.165, 1.54) is 24.8 Å². The lowest BCUT2D eigenvalue weighted by atomic mass is 9.70. The summed E-state index contributed by atoms with van der Waals surface area (Å²) in [5, 5.41) is 4.24. The molecule has 0 spiro atoms. The van der Waals surface area contributed by atoms with Gasteiger partial charge in [0.25, 0.3) is 0 Å². The van der Waals surface area contributed by atoms with E-state index in [0.29, 0.717) is 11.7 Å². The molecule has 2 N–H and O–H groups in total. The van der Waals surface area contributed by atoms with Crippen molar-refractivity contribution >= 4 is 0 Å². The van der Waals surface area contributed by atoms with Gasteiger partial charge in [0.2, 0.25) is 5.89 Å². The predicted octanol–water partition coefficient (Wildman–Crippen LogP) is 3.46. The quantitative estimate of drug-likeness (QED) is 0.937. The van der Waals surface area contributed by atoms with Gasteiger partial charge in [0, 0.05) is 11.8 Å². The zero-order valence-electron chi connectivity index (χ0n) is 12.2. The van der Waals surface area contributed by atoms with Crippen LogP contribution in [0.15, 0.2) is 34.9 Å². The lowest BCUT2D eigenvalue weighted by Gasteiger charge is -2.39. The van der Waals surface area contributed by atoms with E-state index in [-0.39, 0.29) is 5.92 Å². The predicted molar refractivity (Wildman–Crippen MR) is 79.8 cm³/mol. The number of benzene rings is 1. The molecule has 4 rings (SSSR count). The van der Waals surface area contributed by atoms with Crippen molar-refractivity contribution in [2.75, 3.05) is 0 Å². The fourth-order valence-corrected chi connectivity index (χ4v) is 3.54. The van der Waals surface area contributed by atoms with E-state index in [2.05, 4.69) is 34.4 Å². The summed E-state index contributed by atoms with van der Waals surface area (Å²) in [6.45, 7) is 0. The van der Waals surface area contributed by atoms with E-state index in [1.807, 2.05) is 6.07 Å². The maximum absolute atomic E-state index is 6.81. The van der Waals surface area contributed by atoms with Crippen molar-refractivity contribution < 1.29 is 4.52 Å². The molecule has 1 aromatic carbocycles. The molecular weight excluding hydrogens is 262 g/mol. The monoisotopic (exact) mass is 283 g/mol. The normalized spacial score (nSPS) is 29.5. The number of nitrogens with zero attached hydrogens (tertiary/aromatic N) is 2. The Morgan fingerprint density at radius 1 is 1.10 bits per heavy atom. The Bertz CT molecular complexity index is 620. The molecule has 2 saturated carbocycles. The van der Waals surface area contributed by atoms with Crippen LogP contribution in [0.2, 0.25) is 0 Å². The third-order valence-corrected chi connectivity index (χ3v) is 4.94. The van der Waals surface area contributed by atoms with Crippen LogP contribution in [0.25, 0.3) is 0 Å². The smallest absolute Gasteiger partial charge is 0.229 e. The number of rotatable bonds is 3. The zero-order valence-corrected chi connectivity index (χ0v) is 12.2. The van der Waals surface area contributed by atoms with Crippen LogP contribution in [0.4, 0.5) is 0 Å². The summed E-state index contributed by atoms with van der Waals surface area (Å²) < 4.78 is 5.45. The Balaban J connectivity index is 1.70. The molecule has 2 aromatic rings. The third kappa shape index (κ3) is 2.27. The van der Waals surface area contributed by atoms with Gasteiger partial charge in [-0.2, -0.15) is 4.98 Å². The maximum atomic E-state index is 6.81.